The quantitative estimate of drug-likeness (QED) is 0.506. The number of hydrogen-bond donors (Lipinski definition) is 0. The van der Waals surface area contributed by atoms with Crippen molar-refractivity contribution in [2.75, 3.05) is 13.6 Å². The highest BCUT2D eigenvalue weighted by atomic mass is 15.1. The molecule has 0 aromatic carbocycles. The van der Waals surface area contributed by atoms with E-state index >= 15 is 0 Å². The van der Waals surface area contributed by atoms with Gasteiger partial charge in [0.15, 0.2) is 0 Å². The molecule has 0 aromatic heterocycles. The van der Waals surface area contributed by atoms with Crippen molar-refractivity contribution < 1.29 is 0 Å². The molecule has 0 saturated carbocycles. The lowest BCUT2D eigenvalue weighted by atomic mass is 10.1. The molecule has 1 heteroatoms. The van der Waals surface area contributed by atoms with E-state index in [2.05, 4.69) is 32.7 Å². The summed E-state index contributed by atoms with van der Waals surface area (Å²) in [5.74, 6) is 0. The van der Waals surface area contributed by atoms with Crippen LogP contribution in [-0.2, 0) is 0 Å². The molecule has 1 unspecified atom stereocenters. The van der Waals surface area contributed by atoms with Gasteiger partial charge in [-0.05, 0) is 32.9 Å². The third-order valence-electron chi connectivity index (χ3n) is 3.08. The van der Waals surface area contributed by atoms with Crippen molar-refractivity contribution in [2.45, 2.75) is 71.8 Å². The molecule has 1 atom stereocenters. The second kappa shape index (κ2) is 9.51. The largest absolute Gasteiger partial charge is 0.303 e. The molecule has 14 heavy (non-hydrogen) atoms. The lowest BCUT2D eigenvalue weighted by molar-refractivity contribution is 0.218. The van der Waals surface area contributed by atoms with Crippen LogP contribution in [0.5, 0.6) is 0 Å². The first kappa shape index (κ1) is 14.0. The lowest BCUT2D eigenvalue weighted by Gasteiger charge is -2.26. The monoisotopic (exact) mass is 199 g/mol. The number of hydrogen-bond acceptors (Lipinski definition) is 1. The molecule has 0 amide bonds. The zero-order valence-corrected chi connectivity index (χ0v) is 10.7. The van der Waals surface area contributed by atoms with E-state index in [-0.39, 0.29) is 0 Å². The summed E-state index contributed by atoms with van der Waals surface area (Å²) >= 11 is 0. The van der Waals surface area contributed by atoms with Gasteiger partial charge in [0.2, 0.25) is 0 Å². The maximum Gasteiger partial charge on any atom is 0.00894 e. The molecule has 0 heterocycles. The first-order valence-corrected chi connectivity index (χ1v) is 6.46. The van der Waals surface area contributed by atoms with E-state index in [4.69, 9.17) is 0 Å². The first-order valence-electron chi connectivity index (χ1n) is 6.46. The van der Waals surface area contributed by atoms with Crippen molar-refractivity contribution in [1.29, 1.82) is 0 Å². The molecule has 0 aliphatic heterocycles. The van der Waals surface area contributed by atoms with E-state index in [1.807, 2.05) is 0 Å². The average Bonchev–Trinajstić information content (AvgIpc) is 2.20. The normalized spacial score (nSPS) is 13.5. The van der Waals surface area contributed by atoms with Gasteiger partial charge in [-0.15, -0.1) is 0 Å². The van der Waals surface area contributed by atoms with E-state index in [1.165, 1.54) is 51.5 Å². The van der Waals surface area contributed by atoms with E-state index < -0.39 is 0 Å². The molecule has 0 fully saturated rings. The highest BCUT2D eigenvalue weighted by molar-refractivity contribution is 4.66. The fraction of sp³-hybridized carbons (Fsp3) is 1.00. The Morgan fingerprint density at radius 1 is 0.929 bits per heavy atom. The second-order valence-electron chi connectivity index (χ2n) is 4.39. The van der Waals surface area contributed by atoms with Crippen LogP contribution >= 0.6 is 0 Å². The minimum atomic E-state index is 0.821. The molecule has 0 N–H and O–H groups in total. The minimum Gasteiger partial charge on any atom is -0.303 e. The van der Waals surface area contributed by atoms with Crippen LogP contribution in [-0.4, -0.2) is 24.5 Å². The SMILES string of the molecule is CCCCCCN(C)C(CC)CCC. The molecular formula is C13H29N. The maximum absolute atomic E-state index is 2.55. The number of nitrogens with zero attached hydrogens (tertiary/aromatic N) is 1. The lowest BCUT2D eigenvalue weighted by Crippen LogP contribution is -2.31. The van der Waals surface area contributed by atoms with Crippen molar-refractivity contribution in [2.24, 2.45) is 0 Å². The molecule has 0 rings (SSSR count). The van der Waals surface area contributed by atoms with Crippen LogP contribution in [0.2, 0.25) is 0 Å². The van der Waals surface area contributed by atoms with Gasteiger partial charge in [-0.3, -0.25) is 0 Å². The highest BCUT2D eigenvalue weighted by Gasteiger charge is 2.10. The Hall–Kier alpha value is -0.0400. The van der Waals surface area contributed by atoms with Gasteiger partial charge in [0.25, 0.3) is 0 Å². The summed E-state index contributed by atoms with van der Waals surface area (Å²) < 4.78 is 0. The second-order valence-corrected chi connectivity index (χ2v) is 4.39. The molecule has 0 radical (unpaired) electrons. The predicted octanol–water partition coefficient (Wildman–Crippen LogP) is 4.08. The van der Waals surface area contributed by atoms with Gasteiger partial charge >= 0.3 is 0 Å². The summed E-state index contributed by atoms with van der Waals surface area (Å²) in [6.07, 6.45) is 9.51. The predicted molar refractivity (Wildman–Crippen MR) is 65.8 cm³/mol. The van der Waals surface area contributed by atoms with Gasteiger partial charge in [0.1, 0.15) is 0 Å². The van der Waals surface area contributed by atoms with E-state index in [1.54, 1.807) is 0 Å². The smallest absolute Gasteiger partial charge is 0.00894 e. The van der Waals surface area contributed by atoms with Crippen molar-refractivity contribution in [1.82, 2.24) is 4.90 Å². The molecule has 0 aromatic rings. The van der Waals surface area contributed by atoms with Gasteiger partial charge in [0, 0.05) is 6.04 Å². The van der Waals surface area contributed by atoms with Gasteiger partial charge in [-0.25, -0.2) is 0 Å². The fourth-order valence-corrected chi connectivity index (χ4v) is 2.04. The van der Waals surface area contributed by atoms with Gasteiger partial charge < -0.3 is 4.90 Å². The van der Waals surface area contributed by atoms with Crippen LogP contribution < -0.4 is 0 Å². The third-order valence-corrected chi connectivity index (χ3v) is 3.08. The Kier molecular flexibility index (Phi) is 9.49. The van der Waals surface area contributed by atoms with Crippen molar-refractivity contribution in [3.8, 4) is 0 Å². The Morgan fingerprint density at radius 3 is 2.14 bits per heavy atom. The van der Waals surface area contributed by atoms with E-state index in [9.17, 15) is 0 Å². The standard InChI is InChI=1S/C13H29N/c1-5-8-9-10-12-14(4)13(7-3)11-6-2/h13H,5-12H2,1-4H3. The van der Waals surface area contributed by atoms with Crippen molar-refractivity contribution in [3.05, 3.63) is 0 Å². The zero-order valence-electron chi connectivity index (χ0n) is 10.7. The topological polar surface area (TPSA) is 3.24 Å². The Morgan fingerprint density at radius 2 is 1.64 bits per heavy atom. The Balaban J connectivity index is 3.52. The molecule has 0 spiro atoms. The van der Waals surface area contributed by atoms with Crippen LogP contribution in [0, 0.1) is 0 Å². The van der Waals surface area contributed by atoms with E-state index in [0.29, 0.717) is 0 Å². The Bertz CT molecular complexity index is 112. The molecule has 0 aliphatic carbocycles. The summed E-state index contributed by atoms with van der Waals surface area (Å²) in [6.45, 7) is 8.16. The van der Waals surface area contributed by atoms with Gasteiger partial charge in [-0.1, -0.05) is 46.5 Å². The number of rotatable bonds is 9. The van der Waals surface area contributed by atoms with Crippen molar-refractivity contribution >= 4 is 0 Å². The van der Waals surface area contributed by atoms with Gasteiger partial charge in [-0.2, -0.15) is 0 Å². The van der Waals surface area contributed by atoms with Crippen LogP contribution in [0.4, 0.5) is 0 Å². The van der Waals surface area contributed by atoms with Crippen LogP contribution in [0.25, 0.3) is 0 Å². The molecule has 1 nitrogen and oxygen atoms in total. The van der Waals surface area contributed by atoms with Crippen molar-refractivity contribution in [3.63, 3.8) is 0 Å². The molecule has 86 valence electrons. The first-order chi connectivity index (χ1) is 6.76. The summed E-state index contributed by atoms with van der Waals surface area (Å²) in [4.78, 5) is 2.55. The summed E-state index contributed by atoms with van der Waals surface area (Å²) in [5.41, 5.74) is 0. The third kappa shape index (κ3) is 6.42. The summed E-state index contributed by atoms with van der Waals surface area (Å²) in [7, 11) is 2.29. The fourth-order valence-electron chi connectivity index (χ4n) is 2.04. The highest BCUT2D eigenvalue weighted by Crippen LogP contribution is 2.10. The summed E-state index contributed by atoms with van der Waals surface area (Å²) in [6, 6.07) is 0.821. The number of unbranched alkanes of at least 4 members (excludes halogenated alkanes) is 3. The molecule has 0 aliphatic rings. The van der Waals surface area contributed by atoms with Crippen LogP contribution in [0.3, 0.4) is 0 Å². The zero-order chi connectivity index (χ0) is 10.8. The molecular weight excluding hydrogens is 170 g/mol. The van der Waals surface area contributed by atoms with Crippen LogP contribution in [0.15, 0.2) is 0 Å². The summed E-state index contributed by atoms with van der Waals surface area (Å²) in [5, 5.41) is 0. The molecule has 0 bridgehead atoms. The molecule has 0 saturated heterocycles. The maximum atomic E-state index is 2.55. The van der Waals surface area contributed by atoms with Gasteiger partial charge in [0.05, 0.1) is 0 Å². The average molecular weight is 199 g/mol. The van der Waals surface area contributed by atoms with Crippen LogP contribution in [0.1, 0.15) is 65.7 Å². The Labute approximate surface area is 90.9 Å². The van der Waals surface area contributed by atoms with E-state index in [0.717, 1.165) is 6.04 Å². The minimum absolute atomic E-state index is 0.821.